The maximum atomic E-state index is 12.8. The Labute approximate surface area is 178 Å². The molecule has 0 spiro atoms. The Balaban J connectivity index is 0.00000240. The average molecular weight is 414 g/mol. The Morgan fingerprint density at radius 3 is 1.93 bits per heavy atom. The summed E-state index contributed by atoms with van der Waals surface area (Å²) in [6.07, 6.45) is 0.981. The van der Waals surface area contributed by atoms with Gasteiger partial charge in [0.05, 0.1) is 12.6 Å². The van der Waals surface area contributed by atoms with Crippen LogP contribution in [0.1, 0.15) is 17.5 Å². The van der Waals surface area contributed by atoms with Crippen LogP contribution in [-0.4, -0.2) is 59.4 Å². The monoisotopic (exact) mass is 413 g/mol. The third kappa shape index (κ3) is 5.44. The summed E-state index contributed by atoms with van der Waals surface area (Å²) in [6.45, 7) is 5.06. The normalized spacial score (nSPS) is 20.7. The van der Waals surface area contributed by atoms with Crippen LogP contribution in [0.25, 0.3) is 0 Å². The van der Waals surface area contributed by atoms with Gasteiger partial charge in [0.15, 0.2) is 0 Å². The first-order valence-electron chi connectivity index (χ1n) is 10.1. The van der Waals surface area contributed by atoms with Gasteiger partial charge < -0.3 is 0 Å². The molecular formula is C23H28ClN3O2. The number of piperazine rings is 1. The first-order valence-corrected chi connectivity index (χ1v) is 10.1. The van der Waals surface area contributed by atoms with Crippen LogP contribution in [0.2, 0.25) is 0 Å². The molecule has 2 aliphatic rings. The molecule has 154 valence electrons. The van der Waals surface area contributed by atoms with Crippen LogP contribution in [0.15, 0.2) is 60.7 Å². The zero-order chi connectivity index (χ0) is 19.3. The summed E-state index contributed by atoms with van der Waals surface area (Å²) >= 11 is 0. The van der Waals surface area contributed by atoms with Gasteiger partial charge in [-0.05, 0) is 17.5 Å². The second-order valence-electron chi connectivity index (χ2n) is 7.77. The first kappa shape index (κ1) is 21.5. The Morgan fingerprint density at radius 1 is 0.759 bits per heavy atom. The number of nitrogens with zero attached hydrogens (tertiary/aromatic N) is 3. The minimum absolute atomic E-state index is 0. The molecule has 4 rings (SSSR count). The molecule has 2 amide bonds. The van der Waals surface area contributed by atoms with Crippen molar-refractivity contribution in [2.24, 2.45) is 5.92 Å². The van der Waals surface area contributed by atoms with E-state index in [0.29, 0.717) is 19.5 Å². The molecule has 1 atom stereocenters. The molecular weight excluding hydrogens is 386 g/mol. The Hall–Kier alpha value is -2.21. The van der Waals surface area contributed by atoms with Crippen molar-refractivity contribution in [3.8, 4) is 0 Å². The molecule has 1 unspecified atom stereocenters. The maximum absolute atomic E-state index is 12.8. The lowest BCUT2D eigenvalue weighted by Crippen LogP contribution is -2.50. The molecule has 2 aromatic carbocycles. The molecule has 2 saturated heterocycles. The summed E-state index contributed by atoms with van der Waals surface area (Å²) in [5, 5.41) is 0. The van der Waals surface area contributed by atoms with Crippen LogP contribution in [0, 0.1) is 5.92 Å². The molecule has 29 heavy (non-hydrogen) atoms. The molecule has 0 aliphatic carbocycles. The first-order chi connectivity index (χ1) is 13.7. The van der Waals surface area contributed by atoms with Crippen molar-refractivity contribution in [3.63, 3.8) is 0 Å². The largest absolute Gasteiger partial charge is 0.297 e. The van der Waals surface area contributed by atoms with Crippen LogP contribution in [0.4, 0.5) is 0 Å². The highest BCUT2D eigenvalue weighted by Gasteiger charge is 2.39. The second-order valence-corrected chi connectivity index (χ2v) is 7.77. The Kier molecular flexibility index (Phi) is 7.42. The molecule has 2 heterocycles. The van der Waals surface area contributed by atoms with Gasteiger partial charge in [-0.25, -0.2) is 0 Å². The smallest absolute Gasteiger partial charge is 0.234 e. The summed E-state index contributed by atoms with van der Waals surface area (Å²) in [5.74, 6) is -0.257. The molecule has 6 heteroatoms. The number of halogens is 1. The summed E-state index contributed by atoms with van der Waals surface area (Å²) in [7, 11) is 0. The van der Waals surface area contributed by atoms with E-state index in [2.05, 4.69) is 34.1 Å². The number of carbonyl (C=O) groups is 2. The molecule has 2 aliphatic heterocycles. The SMILES string of the molecule is Cl.O=C1CC(Cc2ccccc2)C(=O)N1CN1CCN(Cc2ccccc2)CC1. The molecule has 0 radical (unpaired) electrons. The van der Waals surface area contributed by atoms with Crippen LogP contribution < -0.4 is 0 Å². The summed E-state index contributed by atoms with van der Waals surface area (Å²) in [5.41, 5.74) is 2.44. The molecule has 2 aromatic rings. The second kappa shape index (κ2) is 10.0. The number of carbonyl (C=O) groups excluding carboxylic acids is 2. The van der Waals surface area contributed by atoms with Crippen LogP contribution >= 0.6 is 12.4 Å². The van der Waals surface area contributed by atoms with Gasteiger partial charge in [0.2, 0.25) is 11.8 Å². The molecule has 0 N–H and O–H groups in total. The van der Waals surface area contributed by atoms with E-state index in [9.17, 15) is 9.59 Å². The lowest BCUT2D eigenvalue weighted by molar-refractivity contribution is -0.142. The highest BCUT2D eigenvalue weighted by molar-refractivity contribution is 6.03. The van der Waals surface area contributed by atoms with Gasteiger partial charge in [0.1, 0.15) is 0 Å². The third-order valence-electron chi connectivity index (χ3n) is 5.72. The van der Waals surface area contributed by atoms with E-state index < -0.39 is 0 Å². The van der Waals surface area contributed by atoms with Crippen LogP contribution in [0.5, 0.6) is 0 Å². The fourth-order valence-electron chi connectivity index (χ4n) is 4.09. The Bertz CT molecular complexity index is 807. The van der Waals surface area contributed by atoms with Crippen LogP contribution in [-0.2, 0) is 22.6 Å². The number of hydrogen-bond donors (Lipinski definition) is 0. The van der Waals surface area contributed by atoms with Crippen molar-refractivity contribution >= 4 is 24.2 Å². The standard InChI is InChI=1S/C23H27N3O2.ClH/c27-22-16-21(15-19-7-3-1-4-8-19)23(28)26(22)18-25-13-11-24(12-14-25)17-20-9-5-2-6-10-20;/h1-10,21H,11-18H2;1H. The van der Waals surface area contributed by atoms with Gasteiger partial charge in [0, 0.05) is 39.1 Å². The zero-order valence-electron chi connectivity index (χ0n) is 16.6. The molecule has 2 fully saturated rings. The van der Waals surface area contributed by atoms with Crippen LogP contribution in [0.3, 0.4) is 0 Å². The minimum Gasteiger partial charge on any atom is -0.297 e. The van der Waals surface area contributed by atoms with E-state index in [1.165, 1.54) is 10.5 Å². The van der Waals surface area contributed by atoms with Gasteiger partial charge >= 0.3 is 0 Å². The van der Waals surface area contributed by atoms with Crippen molar-refractivity contribution in [1.82, 2.24) is 14.7 Å². The number of likely N-dealkylation sites (tertiary alicyclic amines) is 1. The zero-order valence-corrected chi connectivity index (χ0v) is 17.4. The number of rotatable bonds is 6. The maximum Gasteiger partial charge on any atom is 0.234 e. The minimum atomic E-state index is -0.214. The van der Waals surface area contributed by atoms with E-state index in [1.807, 2.05) is 36.4 Å². The van der Waals surface area contributed by atoms with Crippen molar-refractivity contribution in [3.05, 3.63) is 71.8 Å². The number of hydrogen-bond acceptors (Lipinski definition) is 4. The summed E-state index contributed by atoms with van der Waals surface area (Å²) < 4.78 is 0. The van der Waals surface area contributed by atoms with Gasteiger partial charge in [-0.3, -0.25) is 24.3 Å². The highest BCUT2D eigenvalue weighted by atomic mass is 35.5. The van der Waals surface area contributed by atoms with Crippen molar-refractivity contribution in [2.45, 2.75) is 19.4 Å². The summed E-state index contributed by atoms with van der Waals surface area (Å²) in [4.78, 5) is 31.3. The fraction of sp³-hybridized carbons (Fsp3) is 0.391. The van der Waals surface area contributed by atoms with Gasteiger partial charge in [-0.1, -0.05) is 60.7 Å². The lowest BCUT2D eigenvalue weighted by Gasteiger charge is -2.36. The summed E-state index contributed by atoms with van der Waals surface area (Å²) in [6, 6.07) is 20.4. The third-order valence-corrected chi connectivity index (χ3v) is 5.72. The predicted molar refractivity (Wildman–Crippen MR) is 116 cm³/mol. The van der Waals surface area contributed by atoms with Gasteiger partial charge in [0.25, 0.3) is 0 Å². The quantitative estimate of drug-likeness (QED) is 0.683. The van der Waals surface area contributed by atoms with E-state index in [4.69, 9.17) is 0 Å². The lowest BCUT2D eigenvalue weighted by atomic mass is 9.98. The number of imide groups is 1. The molecule has 0 saturated carbocycles. The number of amides is 2. The predicted octanol–water partition coefficient (Wildman–Crippen LogP) is 2.80. The fourth-order valence-corrected chi connectivity index (χ4v) is 4.09. The Morgan fingerprint density at radius 2 is 1.31 bits per heavy atom. The van der Waals surface area contributed by atoms with Crippen molar-refractivity contribution in [2.75, 3.05) is 32.8 Å². The van der Waals surface area contributed by atoms with E-state index >= 15 is 0 Å². The average Bonchev–Trinajstić information content (AvgIpc) is 2.98. The molecule has 5 nitrogen and oxygen atoms in total. The molecule has 0 bridgehead atoms. The van der Waals surface area contributed by atoms with E-state index in [-0.39, 0.29) is 30.1 Å². The topological polar surface area (TPSA) is 43.9 Å². The van der Waals surface area contributed by atoms with Crippen molar-refractivity contribution < 1.29 is 9.59 Å². The number of benzene rings is 2. The van der Waals surface area contributed by atoms with Gasteiger partial charge in [-0.15, -0.1) is 12.4 Å². The van der Waals surface area contributed by atoms with E-state index in [1.54, 1.807) is 0 Å². The van der Waals surface area contributed by atoms with E-state index in [0.717, 1.165) is 38.3 Å². The molecule has 0 aromatic heterocycles. The highest BCUT2D eigenvalue weighted by Crippen LogP contribution is 2.24. The van der Waals surface area contributed by atoms with Gasteiger partial charge in [-0.2, -0.15) is 0 Å². The van der Waals surface area contributed by atoms with Crippen molar-refractivity contribution in [1.29, 1.82) is 0 Å².